The van der Waals surface area contributed by atoms with Gasteiger partial charge in [-0.3, -0.25) is 9.59 Å². The van der Waals surface area contributed by atoms with Crippen LogP contribution in [0, 0.1) is 11.3 Å². The molecular formula is C26H32N2O3S. The second kappa shape index (κ2) is 8.99. The Bertz CT molecular complexity index is 929. The Labute approximate surface area is 194 Å². The van der Waals surface area contributed by atoms with Gasteiger partial charge in [-0.25, -0.2) is 0 Å². The van der Waals surface area contributed by atoms with Crippen molar-refractivity contribution in [3.05, 3.63) is 58.3 Å². The van der Waals surface area contributed by atoms with E-state index in [-0.39, 0.29) is 28.6 Å². The summed E-state index contributed by atoms with van der Waals surface area (Å²) in [6.45, 7) is 3.72. The van der Waals surface area contributed by atoms with Gasteiger partial charge >= 0.3 is 0 Å². The Kier molecular flexibility index (Phi) is 6.08. The Balaban J connectivity index is 1.14. The van der Waals surface area contributed by atoms with E-state index in [0.717, 1.165) is 63.3 Å². The number of ether oxygens (including phenoxy) is 1. The third kappa shape index (κ3) is 4.35. The highest BCUT2D eigenvalue weighted by molar-refractivity contribution is 7.10. The van der Waals surface area contributed by atoms with Crippen molar-refractivity contribution in [2.24, 2.45) is 11.3 Å². The number of thiophene rings is 1. The molecule has 3 fully saturated rings. The molecule has 170 valence electrons. The molecule has 1 aliphatic carbocycles. The van der Waals surface area contributed by atoms with Crippen LogP contribution in [0.1, 0.15) is 42.5 Å². The van der Waals surface area contributed by atoms with Crippen LogP contribution in [0.5, 0.6) is 0 Å². The minimum absolute atomic E-state index is 0.0329. The van der Waals surface area contributed by atoms with Gasteiger partial charge in [-0.1, -0.05) is 36.4 Å². The lowest BCUT2D eigenvalue weighted by atomic mass is 9.74. The summed E-state index contributed by atoms with van der Waals surface area (Å²) in [4.78, 5) is 28.8. The number of piperidine rings is 1. The highest BCUT2D eigenvalue weighted by Crippen LogP contribution is 2.59. The predicted octanol–water partition coefficient (Wildman–Crippen LogP) is 3.78. The molecule has 1 aromatic heterocycles. The smallest absolute Gasteiger partial charge is 0.227 e. The standard InChI is InChI=1S/C26H32N2O3S/c29-23(17-21-7-4-16-32-21)28-12-8-25(9-13-28)18-22(25)24(30)27-19-26(10-14-31-15-11-26)20-5-2-1-3-6-20/h1-7,16,22H,8-15,17-19H2,(H,27,30). The van der Waals surface area contributed by atoms with Gasteiger partial charge in [-0.15, -0.1) is 11.3 Å². The van der Waals surface area contributed by atoms with Crippen molar-refractivity contribution in [1.82, 2.24) is 10.2 Å². The predicted molar refractivity (Wildman–Crippen MR) is 126 cm³/mol. The molecule has 1 spiro atoms. The highest BCUT2D eigenvalue weighted by atomic mass is 32.1. The third-order valence-electron chi connectivity index (χ3n) is 7.96. The number of nitrogens with zero attached hydrogens (tertiary/aromatic N) is 1. The lowest BCUT2D eigenvalue weighted by Crippen LogP contribution is -2.46. The van der Waals surface area contributed by atoms with Crippen LogP contribution in [-0.4, -0.2) is 49.6 Å². The lowest BCUT2D eigenvalue weighted by molar-refractivity contribution is -0.132. The fourth-order valence-electron chi connectivity index (χ4n) is 5.65. The van der Waals surface area contributed by atoms with Crippen molar-refractivity contribution in [3.63, 3.8) is 0 Å². The van der Waals surface area contributed by atoms with Gasteiger partial charge < -0.3 is 15.0 Å². The topological polar surface area (TPSA) is 58.6 Å². The molecule has 0 radical (unpaired) electrons. The van der Waals surface area contributed by atoms with Crippen LogP contribution in [-0.2, 0) is 26.2 Å². The van der Waals surface area contributed by atoms with Crippen LogP contribution in [0.4, 0.5) is 0 Å². The summed E-state index contributed by atoms with van der Waals surface area (Å²) in [6, 6.07) is 14.6. The molecule has 1 saturated carbocycles. The van der Waals surface area contributed by atoms with Gasteiger partial charge in [0.1, 0.15) is 0 Å². The average Bonchev–Trinajstić information content (AvgIpc) is 3.28. The number of amides is 2. The Hall–Kier alpha value is -2.18. The molecule has 2 amide bonds. The van der Waals surface area contributed by atoms with Gasteiger partial charge in [-0.05, 0) is 54.5 Å². The quantitative estimate of drug-likeness (QED) is 0.726. The van der Waals surface area contributed by atoms with Crippen molar-refractivity contribution in [3.8, 4) is 0 Å². The molecular weight excluding hydrogens is 420 g/mol. The molecule has 2 aliphatic heterocycles. The van der Waals surface area contributed by atoms with Gasteiger partial charge in [0.2, 0.25) is 11.8 Å². The Morgan fingerprint density at radius 3 is 2.47 bits per heavy atom. The Morgan fingerprint density at radius 2 is 1.78 bits per heavy atom. The summed E-state index contributed by atoms with van der Waals surface area (Å²) >= 11 is 1.64. The SMILES string of the molecule is O=C(NCC1(c2ccccc2)CCOCC1)C1CC12CCN(C(=O)Cc1cccs1)CC2. The monoisotopic (exact) mass is 452 g/mol. The minimum Gasteiger partial charge on any atom is -0.381 e. The maximum atomic E-state index is 13.1. The first-order chi connectivity index (χ1) is 15.6. The number of benzene rings is 1. The van der Waals surface area contributed by atoms with Gasteiger partial charge in [0.05, 0.1) is 6.42 Å². The zero-order chi connectivity index (χ0) is 22.0. The average molecular weight is 453 g/mol. The van der Waals surface area contributed by atoms with E-state index in [1.165, 1.54) is 5.56 Å². The summed E-state index contributed by atoms with van der Waals surface area (Å²) in [5.74, 6) is 0.517. The number of rotatable bonds is 6. The molecule has 1 unspecified atom stereocenters. The molecule has 3 heterocycles. The zero-order valence-corrected chi connectivity index (χ0v) is 19.4. The molecule has 1 aromatic carbocycles. The van der Waals surface area contributed by atoms with Crippen LogP contribution in [0.15, 0.2) is 47.8 Å². The molecule has 32 heavy (non-hydrogen) atoms. The largest absolute Gasteiger partial charge is 0.381 e. The number of hydrogen-bond donors (Lipinski definition) is 1. The van der Waals surface area contributed by atoms with Crippen LogP contribution in [0.25, 0.3) is 0 Å². The Morgan fingerprint density at radius 1 is 1.03 bits per heavy atom. The van der Waals surface area contributed by atoms with E-state index in [1.54, 1.807) is 11.3 Å². The summed E-state index contributed by atoms with van der Waals surface area (Å²) < 4.78 is 5.62. The van der Waals surface area contributed by atoms with E-state index in [9.17, 15) is 9.59 Å². The third-order valence-corrected chi connectivity index (χ3v) is 8.84. The fourth-order valence-corrected chi connectivity index (χ4v) is 6.34. The first-order valence-electron chi connectivity index (χ1n) is 11.8. The van der Waals surface area contributed by atoms with Crippen molar-refractivity contribution < 1.29 is 14.3 Å². The normalized spacial score (nSPS) is 23.6. The van der Waals surface area contributed by atoms with Crippen LogP contribution < -0.4 is 5.32 Å². The maximum absolute atomic E-state index is 13.1. The zero-order valence-electron chi connectivity index (χ0n) is 18.6. The number of carbonyl (C=O) groups excluding carboxylic acids is 2. The highest BCUT2D eigenvalue weighted by Gasteiger charge is 2.58. The summed E-state index contributed by atoms with van der Waals surface area (Å²) in [5, 5.41) is 5.33. The van der Waals surface area contributed by atoms with Gasteiger partial charge in [0.25, 0.3) is 0 Å². The number of carbonyl (C=O) groups is 2. The van der Waals surface area contributed by atoms with Crippen LogP contribution in [0.3, 0.4) is 0 Å². The summed E-state index contributed by atoms with van der Waals surface area (Å²) in [5.41, 5.74) is 1.38. The van der Waals surface area contributed by atoms with Gasteiger partial charge in [-0.2, -0.15) is 0 Å². The van der Waals surface area contributed by atoms with E-state index in [4.69, 9.17) is 4.74 Å². The second-order valence-electron chi connectivity index (χ2n) is 9.73. The molecule has 5 rings (SSSR count). The molecule has 3 aliphatic rings. The van der Waals surface area contributed by atoms with E-state index < -0.39 is 0 Å². The van der Waals surface area contributed by atoms with E-state index in [2.05, 4.69) is 29.6 Å². The van der Waals surface area contributed by atoms with E-state index >= 15 is 0 Å². The number of hydrogen-bond acceptors (Lipinski definition) is 4. The van der Waals surface area contributed by atoms with Gasteiger partial charge in [0, 0.05) is 49.1 Å². The molecule has 5 nitrogen and oxygen atoms in total. The molecule has 2 aromatic rings. The molecule has 6 heteroatoms. The van der Waals surface area contributed by atoms with Crippen molar-refractivity contribution >= 4 is 23.2 Å². The summed E-state index contributed by atoms with van der Waals surface area (Å²) in [6.07, 6.45) is 5.23. The molecule has 0 bridgehead atoms. The first-order valence-corrected chi connectivity index (χ1v) is 12.7. The summed E-state index contributed by atoms with van der Waals surface area (Å²) in [7, 11) is 0. The first kappa shape index (κ1) is 21.7. The van der Waals surface area contributed by atoms with Crippen LogP contribution >= 0.6 is 11.3 Å². The lowest BCUT2D eigenvalue weighted by Gasteiger charge is -2.38. The van der Waals surface area contributed by atoms with Crippen LogP contribution in [0.2, 0.25) is 0 Å². The van der Waals surface area contributed by atoms with Crippen molar-refractivity contribution in [2.75, 3.05) is 32.8 Å². The minimum atomic E-state index is -0.0329. The molecule has 2 saturated heterocycles. The maximum Gasteiger partial charge on any atom is 0.227 e. The fraction of sp³-hybridized carbons (Fsp3) is 0.538. The number of nitrogens with one attached hydrogen (secondary N) is 1. The van der Waals surface area contributed by atoms with E-state index in [1.807, 2.05) is 28.5 Å². The molecule has 1 atom stereocenters. The van der Waals surface area contributed by atoms with Gasteiger partial charge in [0.15, 0.2) is 0 Å². The van der Waals surface area contributed by atoms with E-state index in [0.29, 0.717) is 13.0 Å². The molecule has 1 N–H and O–H groups in total. The second-order valence-corrected chi connectivity index (χ2v) is 10.8. The number of likely N-dealkylation sites (tertiary alicyclic amines) is 1. The van der Waals surface area contributed by atoms with Crippen molar-refractivity contribution in [1.29, 1.82) is 0 Å². The van der Waals surface area contributed by atoms with Crippen molar-refractivity contribution in [2.45, 2.75) is 43.9 Å².